The highest BCUT2D eigenvalue weighted by molar-refractivity contribution is 7.99. The van der Waals surface area contributed by atoms with Crippen LogP contribution in [0.2, 0.25) is 0 Å². The summed E-state index contributed by atoms with van der Waals surface area (Å²) in [5, 5.41) is 11.9. The van der Waals surface area contributed by atoms with Crippen LogP contribution in [0, 0.1) is 18.3 Å². The van der Waals surface area contributed by atoms with Gasteiger partial charge >= 0.3 is 12.0 Å². The van der Waals surface area contributed by atoms with Crippen LogP contribution in [0.5, 0.6) is 0 Å². The fraction of sp³-hybridized carbons (Fsp3) is 0.692. The minimum Gasteiger partial charge on any atom is -0.481 e. The summed E-state index contributed by atoms with van der Waals surface area (Å²) in [5.41, 5.74) is 0. The number of nitrogens with one attached hydrogen (secondary N) is 1. The third-order valence-corrected chi connectivity index (χ3v) is 3.94. The molecule has 1 rings (SSSR count). The first-order chi connectivity index (χ1) is 9.61. The lowest BCUT2D eigenvalue weighted by atomic mass is 10.0. The first-order valence-corrected chi connectivity index (χ1v) is 7.63. The van der Waals surface area contributed by atoms with E-state index in [1.807, 2.05) is 6.92 Å². The second-order valence-electron chi connectivity index (χ2n) is 4.32. The van der Waals surface area contributed by atoms with E-state index in [-0.39, 0.29) is 19.2 Å². The van der Waals surface area contributed by atoms with Gasteiger partial charge in [-0.2, -0.15) is 0 Å². The fourth-order valence-corrected chi connectivity index (χ4v) is 2.59. The number of carboxylic acids is 1. The molecule has 0 aromatic heterocycles. The predicted octanol–water partition coefficient (Wildman–Crippen LogP) is 0.484. The highest BCUT2D eigenvalue weighted by Crippen LogP contribution is 2.20. The third kappa shape index (κ3) is 4.62. The molecule has 1 heterocycles. The summed E-state index contributed by atoms with van der Waals surface area (Å²) in [6.07, 6.45) is 5.13. The van der Waals surface area contributed by atoms with Gasteiger partial charge in [-0.15, -0.1) is 18.2 Å². The number of aliphatic carboxylic acids is 1. The molecule has 0 aromatic rings. The van der Waals surface area contributed by atoms with Crippen LogP contribution < -0.4 is 5.32 Å². The van der Waals surface area contributed by atoms with Crippen molar-refractivity contribution in [1.82, 2.24) is 10.2 Å². The molecule has 0 spiro atoms. The van der Waals surface area contributed by atoms with Crippen LogP contribution in [-0.2, 0) is 9.53 Å². The molecule has 6 nitrogen and oxygen atoms in total. The monoisotopic (exact) mass is 300 g/mol. The first kappa shape index (κ1) is 16.7. The van der Waals surface area contributed by atoms with E-state index in [9.17, 15) is 9.59 Å². The summed E-state index contributed by atoms with van der Waals surface area (Å²) >= 11 is 1.56. The maximum absolute atomic E-state index is 12.1. The van der Waals surface area contributed by atoms with E-state index in [1.165, 1.54) is 4.90 Å². The molecule has 0 saturated carbocycles. The van der Waals surface area contributed by atoms with Crippen LogP contribution in [0.3, 0.4) is 0 Å². The Morgan fingerprint density at radius 3 is 2.90 bits per heavy atom. The normalized spacial score (nSPS) is 21.2. The number of hydrogen-bond donors (Lipinski definition) is 2. The van der Waals surface area contributed by atoms with E-state index in [1.54, 1.807) is 11.8 Å². The highest BCUT2D eigenvalue weighted by Gasteiger charge is 2.39. The van der Waals surface area contributed by atoms with Crippen molar-refractivity contribution in [3.8, 4) is 12.3 Å². The molecule has 1 aliphatic heterocycles. The Morgan fingerprint density at radius 2 is 2.30 bits per heavy atom. The average molecular weight is 300 g/mol. The number of amides is 2. The average Bonchev–Trinajstić information content (AvgIpc) is 2.89. The molecule has 0 radical (unpaired) electrons. The quantitative estimate of drug-likeness (QED) is 0.528. The number of hydrogen-bond acceptors (Lipinski definition) is 4. The predicted molar refractivity (Wildman–Crippen MR) is 77.7 cm³/mol. The van der Waals surface area contributed by atoms with Crippen LogP contribution in [0.25, 0.3) is 0 Å². The summed E-state index contributed by atoms with van der Waals surface area (Å²) in [5.74, 6) is 2.28. The van der Waals surface area contributed by atoms with Gasteiger partial charge in [0.15, 0.2) is 0 Å². The smallest absolute Gasteiger partial charge is 0.317 e. The number of terminal acetylenes is 1. The van der Waals surface area contributed by atoms with Crippen LogP contribution in [0.4, 0.5) is 4.79 Å². The van der Waals surface area contributed by atoms with Gasteiger partial charge in [-0.25, -0.2) is 4.79 Å². The zero-order valence-corrected chi connectivity index (χ0v) is 12.3. The Labute approximate surface area is 123 Å². The van der Waals surface area contributed by atoms with Gasteiger partial charge in [0, 0.05) is 18.8 Å². The van der Waals surface area contributed by atoms with Crippen LogP contribution in [0.15, 0.2) is 0 Å². The van der Waals surface area contributed by atoms with Crippen molar-refractivity contribution in [2.45, 2.75) is 13.0 Å². The Balaban J connectivity index is 2.46. The molecule has 2 N–H and O–H groups in total. The second-order valence-corrected chi connectivity index (χ2v) is 5.43. The third-order valence-electron chi connectivity index (χ3n) is 3.08. The molecule has 7 heteroatoms. The highest BCUT2D eigenvalue weighted by atomic mass is 32.2. The van der Waals surface area contributed by atoms with E-state index in [0.29, 0.717) is 18.8 Å². The molecule has 112 valence electrons. The molecule has 0 bridgehead atoms. The number of carboxylic acid groups (broad SMARTS) is 1. The number of likely N-dealkylation sites (N-methyl/N-ethyl adjacent to an activating group) is 1. The molecule has 1 saturated heterocycles. The first-order valence-electron chi connectivity index (χ1n) is 6.48. The van der Waals surface area contributed by atoms with E-state index in [4.69, 9.17) is 16.3 Å². The molecule has 2 atom stereocenters. The minimum absolute atomic E-state index is 0.155. The molecule has 1 fully saturated rings. The maximum Gasteiger partial charge on any atom is 0.317 e. The lowest BCUT2D eigenvalue weighted by Gasteiger charge is -2.29. The summed E-state index contributed by atoms with van der Waals surface area (Å²) < 4.78 is 5.19. The lowest BCUT2D eigenvalue weighted by molar-refractivity contribution is -0.142. The van der Waals surface area contributed by atoms with Gasteiger partial charge in [0.25, 0.3) is 0 Å². The maximum atomic E-state index is 12.1. The van der Waals surface area contributed by atoms with Gasteiger partial charge in [0.1, 0.15) is 5.92 Å². The molecule has 1 aliphatic rings. The van der Waals surface area contributed by atoms with Crippen molar-refractivity contribution in [2.75, 3.05) is 37.8 Å². The van der Waals surface area contributed by atoms with Crippen molar-refractivity contribution >= 4 is 23.8 Å². The van der Waals surface area contributed by atoms with Crippen LogP contribution in [-0.4, -0.2) is 65.9 Å². The van der Waals surface area contributed by atoms with Crippen molar-refractivity contribution in [1.29, 1.82) is 0 Å². The summed E-state index contributed by atoms with van der Waals surface area (Å²) in [7, 11) is 0. The minimum atomic E-state index is -0.927. The summed E-state index contributed by atoms with van der Waals surface area (Å²) in [6.45, 7) is 3.20. The number of thioether (sulfide) groups is 1. The van der Waals surface area contributed by atoms with Crippen molar-refractivity contribution in [3.05, 3.63) is 0 Å². The number of rotatable bonds is 7. The molecule has 0 aromatic carbocycles. The molecule has 2 amide bonds. The number of carbonyl (C=O) groups is 2. The summed E-state index contributed by atoms with van der Waals surface area (Å²) in [6, 6.07) is -0.661. The Morgan fingerprint density at radius 1 is 1.55 bits per heavy atom. The van der Waals surface area contributed by atoms with Crippen molar-refractivity contribution in [3.63, 3.8) is 0 Å². The SMILES string of the molecule is C#CCSCCNC(=O)N(CC)C1COCC1C(=O)O. The molecular weight excluding hydrogens is 280 g/mol. The fourth-order valence-electron chi connectivity index (χ4n) is 2.08. The Bertz CT molecular complexity index is 383. The Kier molecular flexibility index (Phi) is 7.26. The molecular formula is C13H20N2O4S. The van der Waals surface area contributed by atoms with Crippen LogP contribution in [0.1, 0.15) is 6.92 Å². The van der Waals surface area contributed by atoms with E-state index < -0.39 is 17.9 Å². The van der Waals surface area contributed by atoms with Crippen molar-refractivity contribution in [2.24, 2.45) is 5.92 Å². The lowest BCUT2D eigenvalue weighted by Crippen LogP contribution is -2.50. The largest absolute Gasteiger partial charge is 0.481 e. The van der Waals surface area contributed by atoms with Crippen molar-refractivity contribution < 1.29 is 19.4 Å². The van der Waals surface area contributed by atoms with Gasteiger partial charge in [0.05, 0.1) is 25.0 Å². The van der Waals surface area contributed by atoms with E-state index >= 15 is 0 Å². The standard InChI is InChI=1S/C13H20N2O4S/c1-3-6-20-7-5-14-13(18)15(4-2)11-9-19-8-10(11)12(16)17/h1,10-11H,4-9H2,2H3,(H,14,18)(H,16,17). The van der Waals surface area contributed by atoms with Gasteiger partial charge in [0.2, 0.25) is 0 Å². The number of carbonyl (C=O) groups excluding carboxylic acids is 1. The zero-order chi connectivity index (χ0) is 15.0. The summed E-state index contributed by atoms with van der Waals surface area (Å²) in [4.78, 5) is 24.7. The number of nitrogens with zero attached hydrogens (tertiary/aromatic N) is 1. The number of ether oxygens (including phenoxy) is 1. The van der Waals surface area contributed by atoms with Crippen LogP contribution >= 0.6 is 11.8 Å². The zero-order valence-electron chi connectivity index (χ0n) is 11.5. The second kappa shape index (κ2) is 8.72. The van der Waals surface area contributed by atoms with Gasteiger partial charge in [-0.05, 0) is 6.92 Å². The van der Waals surface area contributed by atoms with E-state index in [0.717, 1.165) is 5.75 Å². The van der Waals surface area contributed by atoms with Gasteiger partial charge < -0.3 is 20.1 Å². The molecule has 20 heavy (non-hydrogen) atoms. The molecule has 2 unspecified atom stereocenters. The molecule has 0 aliphatic carbocycles. The topological polar surface area (TPSA) is 78.9 Å². The van der Waals surface area contributed by atoms with Gasteiger partial charge in [-0.1, -0.05) is 5.92 Å². The Hall–Kier alpha value is -1.39. The van der Waals surface area contributed by atoms with E-state index in [2.05, 4.69) is 11.2 Å². The number of urea groups is 1. The van der Waals surface area contributed by atoms with Gasteiger partial charge in [-0.3, -0.25) is 4.79 Å².